The number of nitrogens with zero attached hydrogens (tertiary/aromatic N) is 3. The molecule has 5 rings (SSSR count). The number of carbonyl (C=O) groups is 1. The minimum Gasteiger partial charge on any atom is -0.497 e. The van der Waals surface area contributed by atoms with Crippen molar-refractivity contribution in [1.29, 1.82) is 0 Å². The molecule has 0 spiro atoms. The quantitative estimate of drug-likeness (QED) is 0.401. The Kier molecular flexibility index (Phi) is 6.21. The van der Waals surface area contributed by atoms with Crippen LogP contribution in [0.5, 0.6) is 5.75 Å². The highest BCUT2D eigenvalue weighted by Gasteiger charge is 2.38. The minimum atomic E-state index is -0.469. The zero-order valence-electron chi connectivity index (χ0n) is 20.1. The van der Waals surface area contributed by atoms with Crippen LogP contribution in [0.15, 0.2) is 71.9 Å². The fraction of sp³-hybridized carbons (Fsp3) is 0.222. The number of nitrogens with one attached hydrogen (secondary N) is 2. The van der Waals surface area contributed by atoms with E-state index in [1.165, 1.54) is 17.3 Å². The summed E-state index contributed by atoms with van der Waals surface area (Å²) in [5, 5.41) is 12.2. The molecule has 2 atom stereocenters. The molecule has 0 aliphatic carbocycles. The number of aromatic nitrogens is 3. The Balaban J connectivity index is 1.52. The number of aryl methyl sites for hydroxylation is 3. The first kappa shape index (κ1) is 23.0. The highest BCUT2D eigenvalue weighted by Crippen LogP contribution is 2.39. The van der Waals surface area contributed by atoms with E-state index in [4.69, 9.17) is 4.74 Å². The van der Waals surface area contributed by atoms with Crippen molar-refractivity contribution in [2.45, 2.75) is 37.2 Å². The maximum Gasteiger partial charge on any atom is 0.240 e. The lowest BCUT2D eigenvalue weighted by molar-refractivity contribution is -0.116. The second-order valence-corrected chi connectivity index (χ2v) is 9.80. The highest BCUT2D eigenvalue weighted by atomic mass is 32.2. The number of methoxy groups -OCH3 is 1. The van der Waals surface area contributed by atoms with Crippen LogP contribution in [0.4, 0.5) is 5.69 Å². The molecule has 2 N–H and O–H groups in total. The van der Waals surface area contributed by atoms with Gasteiger partial charge in [0.2, 0.25) is 11.1 Å². The van der Waals surface area contributed by atoms with Gasteiger partial charge in [0.05, 0.1) is 13.2 Å². The van der Waals surface area contributed by atoms with Crippen LogP contribution < -0.4 is 15.5 Å². The van der Waals surface area contributed by atoms with Gasteiger partial charge in [-0.25, -0.2) is 4.68 Å². The van der Waals surface area contributed by atoms with Crippen molar-refractivity contribution in [1.82, 2.24) is 14.9 Å². The van der Waals surface area contributed by atoms with Gasteiger partial charge in [-0.05, 0) is 49.6 Å². The molecule has 0 unspecified atom stereocenters. The van der Waals surface area contributed by atoms with E-state index in [0.717, 1.165) is 33.7 Å². The topological polar surface area (TPSA) is 81.1 Å². The van der Waals surface area contributed by atoms with E-state index >= 15 is 0 Å². The van der Waals surface area contributed by atoms with E-state index in [0.29, 0.717) is 11.0 Å². The molecule has 1 aliphatic rings. The Morgan fingerprint density at radius 1 is 1.00 bits per heavy atom. The normalized spacial score (nSPS) is 16.8. The zero-order chi connectivity index (χ0) is 24.5. The summed E-state index contributed by atoms with van der Waals surface area (Å²) in [6, 6.07) is 21.5. The number of benzene rings is 3. The first-order valence-corrected chi connectivity index (χ1v) is 12.3. The van der Waals surface area contributed by atoms with Crippen molar-refractivity contribution in [2.75, 3.05) is 17.9 Å². The molecule has 1 aliphatic heterocycles. The average Bonchev–Trinajstić information content (AvgIpc) is 3.29. The number of carbonyl (C=O) groups excluding carboxylic acids is 1. The second kappa shape index (κ2) is 9.46. The van der Waals surface area contributed by atoms with Gasteiger partial charge >= 0.3 is 0 Å². The summed E-state index contributed by atoms with van der Waals surface area (Å²) in [5.41, 5.74) is 9.54. The Labute approximate surface area is 208 Å². The minimum absolute atomic E-state index is 0.0890. The Morgan fingerprint density at radius 3 is 2.34 bits per heavy atom. The van der Waals surface area contributed by atoms with Crippen LogP contribution in [-0.2, 0) is 4.79 Å². The second-order valence-electron chi connectivity index (χ2n) is 8.69. The molecule has 8 heteroatoms. The Bertz CT molecular complexity index is 1350. The number of hydrogen-bond acceptors (Lipinski definition) is 6. The van der Waals surface area contributed by atoms with Gasteiger partial charge < -0.3 is 15.5 Å². The van der Waals surface area contributed by atoms with E-state index in [-0.39, 0.29) is 11.9 Å². The molecular formula is C27H27N5O2S. The van der Waals surface area contributed by atoms with Crippen LogP contribution in [0.1, 0.15) is 28.3 Å². The van der Waals surface area contributed by atoms with Gasteiger partial charge in [0.1, 0.15) is 11.0 Å². The average molecular weight is 486 g/mol. The summed E-state index contributed by atoms with van der Waals surface area (Å²) in [6.07, 6.45) is 0. The van der Waals surface area contributed by atoms with Crippen molar-refractivity contribution in [3.63, 3.8) is 0 Å². The molecule has 2 heterocycles. The molecule has 4 aromatic rings. The summed E-state index contributed by atoms with van der Waals surface area (Å²) in [6.45, 7) is 6.10. The Hall–Kier alpha value is -3.78. The molecule has 0 saturated carbocycles. The standard InChI is InChI=1S/C27H27N5O2S/c1-16-14-17(2)22(18(3)15-16)28-26(33)24-23(19-10-12-21(34-4)13-11-19)31-32-25(29-30-27(32)35-24)20-8-6-5-7-9-20/h5-15,23-24,31H,1-4H3,(H,28,33)/t23-,24+/m1/s1. The molecule has 3 aromatic carbocycles. The molecule has 1 aromatic heterocycles. The first-order valence-electron chi connectivity index (χ1n) is 11.4. The summed E-state index contributed by atoms with van der Waals surface area (Å²) in [5.74, 6) is 1.38. The maximum absolute atomic E-state index is 13.7. The fourth-order valence-corrected chi connectivity index (χ4v) is 5.54. The number of anilines is 1. The lowest BCUT2D eigenvalue weighted by atomic mass is 10.0. The fourth-order valence-electron chi connectivity index (χ4n) is 4.46. The molecule has 0 saturated heterocycles. The molecule has 35 heavy (non-hydrogen) atoms. The summed E-state index contributed by atoms with van der Waals surface area (Å²) < 4.78 is 7.21. The van der Waals surface area contributed by atoms with E-state index in [1.54, 1.807) is 7.11 Å². The van der Waals surface area contributed by atoms with Crippen LogP contribution in [0.2, 0.25) is 0 Å². The van der Waals surface area contributed by atoms with E-state index in [2.05, 4.69) is 40.0 Å². The van der Waals surface area contributed by atoms with Crippen molar-refractivity contribution in [3.05, 3.63) is 89.0 Å². The molecule has 7 nitrogen and oxygen atoms in total. The van der Waals surface area contributed by atoms with Crippen LogP contribution in [0.3, 0.4) is 0 Å². The largest absolute Gasteiger partial charge is 0.497 e. The van der Waals surface area contributed by atoms with Gasteiger partial charge in [-0.1, -0.05) is 71.9 Å². The van der Waals surface area contributed by atoms with Crippen molar-refractivity contribution in [2.24, 2.45) is 0 Å². The van der Waals surface area contributed by atoms with E-state index in [9.17, 15) is 4.79 Å². The molecule has 1 amide bonds. The van der Waals surface area contributed by atoms with Gasteiger partial charge in [0, 0.05) is 11.3 Å². The van der Waals surface area contributed by atoms with Crippen molar-refractivity contribution >= 4 is 23.4 Å². The predicted molar refractivity (Wildman–Crippen MR) is 139 cm³/mol. The third kappa shape index (κ3) is 4.49. The van der Waals surface area contributed by atoms with Crippen LogP contribution in [-0.4, -0.2) is 33.1 Å². The van der Waals surface area contributed by atoms with Gasteiger partial charge in [-0.15, -0.1) is 10.2 Å². The molecular weight excluding hydrogens is 458 g/mol. The van der Waals surface area contributed by atoms with Crippen LogP contribution >= 0.6 is 11.8 Å². The summed E-state index contributed by atoms with van der Waals surface area (Å²) in [4.78, 5) is 13.7. The summed E-state index contributed by atoms with van der Waals surface area (Å²) >= 11 is 1.41. The number of amides is 1. The third-order valence-corrected chi connectivity index (χ3v) is 7.34. The van der Waals surface area contributed by atoms with Gasteiger partial charge in [0.25, 0.3) is 0 Å². The van der Waals surface area contributed by atoms with E-state index in [1.807, 2.05) is 73.1 Å². The van der Waals surface area contributed by atoms with Crippen LogP contribution in [0.25, 0.3) is 11.4 Å². The molecule has 0 radical (unpaired) electrons. The smallest absolute Gasteiger partial charge is 0.240 e. The molecule has 0 bridgehead atoms. The Morgan fingerprint density at radius 2 is 1.69 bits per heavy atom. The first-order chi connectivity index (χ1) is 16.9. The lowest BCUT2D eigenvalue weighted by Gasteiger charge is -2.33. The van der Waals surface area contributed by atoms with Gasteiger partial charge in [0.15, 0.2) is 5.82 Å². The maximum atomic E-state index is 13.7. The molecule has 178 valence electrons. The van der Waals surface area contributed by atoms with Crippen molar-refractivity contribution in [3.8, 4) is 17.1 Å². The monoisotopic (exact) mass is 485 g/mol. The number of rotatable bonds is 5. The van der Waals surface area contributed by atoms with Gasteiger partial charge in [-0.2, -0.15) is 0 Å². The lowest BCUT2D eigenvalue weighted by Crippen LogP contribution is -2.41. The number of thioether (sulfide) groups is 1. The predicted octanol–water partition coefficient (Wildman–Crippen LogP) is 5.28. The van der Waals surface area contributed by atoms with E-state index < -0.39 is 5.25 Å². The number of ether oxygens (including phenoxy) is 1. The number of fused-ring (bicyclic) bond motifs is 1. The van der Waals surface area contributed by atoms with Crippen LogP contribution in [0, 0.1) is 20.8 Å². The number of hydrogen-bond donors (Lipinski definition) is 2. The SMILES string of the molecule is COc1ccc([C@H]2Nn3c(nnc3-c3ccccc3)S[C@@H]2C(=O)Nc2c(C)cc(C)cc2C)cc1. The van der Waals surface area contributed by atoms with Crippen molar-refractivity contribution < 1.29 is 9.53 Å². The summed E-state index contributed by atoms with van der Waals surface area (Å²) in [7, 11) is 1.64. The zero-order valence-corrected chi connectivity index (χ0v) is 20.9. The van der Waals surface area contributed by atoms with Gasteiger partial charge in [-0.3, -0.25) is 4.79 Å². The highest BCUT2D eigenvalue weighted by molar-refractivity contribution is 8.00. The molecule has 0 fully saturated rings. The third-order valence-electron chi connectivity index (χ3n) is 6.13.